The minimum Gasteiger partial charge on any atom is -0.352 e. The van der Waals surface area contributed by atoms with Crippen LogP contribution in [-0.2, 0) is 24.1 Å². The lowest BCUT2D eigenvalue weighted by molar-refractivity contribution is -0.121. The summed E-state index contributed by atoms with van der Waals surface area (Å²) >= 11 is 0. The van der Waals surface area contributed by atoms with Crippen LogP contribution in [0, 0.1) is 0 Å². The largest absolute Gasteiger partial charge is 0.352 e. The number of carbonyl (C=O) groups is 1. The van der Waals surface area contributed by atoms with Gasteiger partial charge in [0.15, 0.2) is 0 Å². The van der Waals surface area contributed by atoms with E-state index in [4.69, 9.17) is 0 Å². The van der Waals surface area contributed by atoms with Gasteiger partial charge in [-0.2, -0.15) is 0 Å². The standard InChI is InChI=1S/C20H24N4O3/c25-18(10-15-11-21-20(27)23-19(15)26)22-16-6-3-7-24(12-16)17-8-13-4-1-2-5-14(13)9-17/h1-2,4-5,11,16-17H,3,6-10,12H2,(H,22,25)(H2,21,23,26,27). The first kappa shape index (κ1) is 17.7. The lowest BCUT2D eigenvalue weighted by Gasteiger charge is -2.37. The Labute approximate surface area is 156 Å². The highest BCUT2D eigenvalue weighted by Gasteiger charge is 2.30. The second kappa shape index (κ2) is 7.52. The van der Waals surface area contributed by atoms with Gasteiger partial charge in [0.2, 0.25) is 5.91 Å². The van der Waals surface area contributed by atoms with Gasteiger partial charge in [-0.25, -0.2) is 4.79 Å². The van der Waals surface area contributed by atoms with E-state index in [1.807, 2.05) is 0 Å². The third kappa shape index (κ3) is 4.03. The van der Waals surface area contributed by atoms with Crippen molar-refractivity contribution in [3.8, 4) is 0 Å². The average Bonchev–Trinajstić information content (AvgIpc) is 3.08. The first-order valence-corrected chi connectivity index (χ1v) is 9.49. The number of nitrogens with one attached hydrogen (secondary N) is 3. The molecule has 2 aromatic rings. The van der Waals surface area contributed by atoms with Crippen LogP contribution in [0.15, 0.2) is 40.1 Å². The molecule has 142 valence electrons. The Balaban J connectivity index is 1.34. The van der Waals surface area contributed by atoms with Gasteiger partial charge < -0.3 is 10.3 Å². The van der Waals surface area contributed by atoms with Crippen molar-refractivity contribution in [3.63, 3.8) is 0 Å². The lowest BCUT2D eigenvalue weighted by Crippen LogP contribution is -2.51. The van der Waals surface area contributed by atoms with Crippen LogP contribution in [0.4, 0.5) is 0 Å². The molecular formula is C20H24N4O3. The van der Waals surface area contributed by atoms with E-state index in [1.165, 1.54) is 17.3 Å². The molecule has 1 fully saturated rings. The zero-order valence-corrected chi connectivity index (χ0v) is 15.2. The maximum atomic E-state index is 12.3. The van der Waals surface area contributed by atoms with Gasteiger partial charge in [-0.3, -0.25) is 19.5 Å². The van der Waals surface area contributed by atoms with E-state index in [9.17, 15) is 14.4 Å². The quantitative estimate of drug-likeness (QED) is 0.725. The van der Waals surface area contributed by atoms with Crippen molar-refractivity contribution in [1.82, 2.24) is 20.2 Å². The van der Waals surface area contributed by atoms with E-state index in [0.717, 1.165) is 38.8 Å². The highest BCUT2D eigenvalue weighted by Crippen LogP contribution is 2.27. The van der Waals surface area contributed by atoms with Crippen LogP contribution in [-0.4, -0.2) is 45.9 Å². The number of likely N-dealkylation sites (tertiary alicyclic amines) is 1. The Bertz CT molecular complexity index is 923. The van der Waals surface area contributed by atoms with Crippen LogP contribution in [0.3, 0.4) is 0 Å². The van der Waals surface area contributed by atoms with Gasteiger partial charge in [0.25, 0.3) is 5.56 Å². The number of aromatic nitrogens is 2. The molecule has 0 saturated carbocycles. The number of nitrogens with zero attached hydrogens (tertiary/aromatic N) is 1. The van der Waals surface area contributed by atoms with Gasteiger partial charge in [-0.15, -0.1) is 0 Å². The summed E-state index contributed by atoms with van der Waals surface area (Å²) in [5.74, 6) is -0.186. The number of fused-ring (bicyclic) bond motifs is 1. The number of benzene rings is 1. The first-order valence-electron chi connectivity index (χ1n) is 9.49. The smallest absolute Gasteiger partial charge is 0.325 e. The van der Waals surface area contributed by atoms with E-state index >= 15 is 0 Å². The molecule has 0 radical (unpaired) electrons. The molecule has 1 atom stereocenters. The molecule has 1 aromatic carbocycles. The highest BCUT2D eigenvalue weighted by molar-refractivity contribution is 5.78. The zero-order valence-electron chi connectivity index (χ0n) is 15.2. The van der Waals surface area contributed by atoms with Gasteiger partial charge in [0.1, 0.15) is 0 Å². The summed E-state index contributed by atoms with van der Waals surface area (Å²) in [7, 11) is 0. The molecule has 1 aliphatic carbocycles. The average molecular weight is 368 g/mol. The molecule has 27 heavy (non-hydrogen) atoms. The minimum atomic E-state index is -0.565. The molecule has 1 aliphatic heterocycles. The summed E-state index contributed by atoms with van der Waals surface area (Å²) in [6.45, 7) is 1.90. The van der Waals surface area contributed by atoms with Crippen molar-refractivity contribution in [1.29, 1.82) is 0 Å². The topological polar surface area (TPSA) is 98.1 Å². The molecule has 2 aliphatic rings. The van der Waals surface area contributed by atoms with Crippen LogP contribution in [0.2, 0.25) is 0 Å². The SMILES string of the molecule is O=C(Cc1c[nH]c(=O)[nH]c1=O)NC1CCCN(C2Cc3ccccc3C2)C1. The number of hydrogen-bond acceptors (Lipinski definition) is 4. The molecule has 0 bridgehead atoms. The third-order valence-electron chi connectivity index (χ3n) is 5.61. The monoisotopic (exact) mass is 368 g/mol. The Hall–Kier alpha value is -2.67. The summed E-state index contributed by atoms with van der Waals surface area (Å²) in [4.78, 5) is 42.2. The van der Waals surface area contributed by atoms with Crippen molar-refractivity contribution in [2.24, 2.45) is 0 Å². The van der Waals surface area contributed by atoms with Crippen LogP contribution < -0.4 is 16.6 Å². The van der Waals surface area contributed by atoms with Crippen LogP contribution in [0.25, 0.3) is 0 Å². The Morgan fingerprint density at radius 3 is 2.63 bits per heavy atom. The van der Waals surface area contributed by atoms with Crippen LogP contribution in [0.5, 0.6) is 0 Å². The maximum absolute atomic E-state index is 12.3. The molecule has 4 rings (SSSR count). The van der Waals surface area contributed by atoms with E-state index in [2.05, 4.69) is 44.5 Å². The van der Waals surface area contributed by atoms with Gasteiger partial charge in [0, 0.05) is 30.4 Å². The Morgan fingerprint density at radius 1 is 1.19 bits per heavy atom. The second-order valence-corrected chi connectivity index (χ2v) is 7.51. The number of carbonyl (C=O) groups excluding carboxylic acids is 1. The van der Waals surface area contributed by atoms with E-state index in [-0.39, 0.29) is 23.9 Å². The molecule has 7 nitrogen and oxygen atoms in total. The highest BCUT2D eigenvalue weighted by atomic mass is 16.2. The first-order chi connectivity index (χ1) is 13.1. The number of rotatable bonds is 4. The Morgan fingerprint density at radius 2 is 1.93 bits per heavy atom. The lowest BCUT2D eigenvalue weighted by atomic mass is 10.0. The van der Waals surface area contributed by atoms with Crippen LogP contribution >= 0.6 is 0 Å². The molecule has 0 spiro atoms. The molecule has 1 amide bonds. The second-order valence-electron chi connectivity index (χ2n) is 7.51. The molecule has 2 heterocycles. The van der Waals surface area contributed by atoms with Crippen molar-refractivity contribution < 1.29 is 4.79 Å². The predicted molar refractivity (Wildman–Crippen MR) is 102 cm³/mol. The molecule has 7 heteroatoms. The van der Waals surface area contributed by atoms with E-state index in [0.29, 0.717) is 6.04 Å². The number of amides is 1. The number of H-pyrrole nitrogens is 2. The predicted octanol–water partition coefficient (Wildman–Crippen LogP) is 0.354. The van der Waals surface area contributed by atoms with Crippen molar-refractivity contribution in [3.05, 3.63) is 68.0 Å². The summed E-state index contributed by atoms with van der Waals surface area (Å²) in [6.07, 6.45) is 5.43. The number of hydrogen-bond donors (Lipinski definition) is 3. The molecule has 1 saturated heterocycles. The fourth-order valence-electron chi connectivity index (χ4n) is 4.27. The van der Waals surface area contributed by atoms with E-state index < -0.39 is 11.2 Å². The minimum absolute atomic E-state index is 0.0303. The van der Waals surface area contributed by atoms with Gasteiger partial charge in [-0.05, 0) is 43.4 Å². The summed E-state index contributed by atoms with van der Waals surface area (Å²) < 4.78 is 0. The van der Waals surface area contributed by atoms with Gasteiger partial charge in [0.05, 0.1) is 6.42 Å². The Kier molecular flexibility index (Phi) is 4.94. The number of piperidine rings is 1. The molecular weight excluding hydrogens is 344 g/mol. The third-order valence-corrected chi connectivity index (χ3v) is 5.61. The van der Waals surface area contributed by atoms with Crippen molar-refractivity contribution in [2.75, 3.05) is 13.1 Å². The van der Waals surface area contributed by atoms with Gasteiger partial charge >= 0.3 is 5.69 Å². The summed E-state index contributed by atoms with van der Waals surface area (Å²) in [5.41, 5.74) is 2.07. The molecule has 1 aromatic heterocycles. The summed E-state index contributed by atoms with van der Waals surface area (Å²) in [6, 6.07) is 9.21. The van der Waals surface area contributed by atoms with Gasteiger partial charge in [-0.1, -0.05) is 24.3 Å². The van der Waals surface area contributed by atoms with E-state index in [1.54, 1.807) is 0 Å². The number of aromatic amines is 2. The molecule has 3 N–H and O–H groups in total. The maximum Gasteiger partial charge on any atom is 0.325 e. The fraction of sp³-hybridized carbons (Fsp3) is 0.450. The van der Waals surface area contributed by atoms with Crippen molar-refractivity contribution >= 4 is 5.91 Å². The normalized spacial score (nSPS) is 20.4. The zero-order chi connectivity index (χ0) is 18.8. The molecule has 1 unspecified atom stereocenters. The fourth-order valence-corrected chi connectivity index (χ4v) is 4.27. The van der Waals surface area contributed by atoms with Crippen molar-refractivity contribution in [2.45, 2.75) is 44.2 Å². The summed E-state index contributed by atoms with van der Waals surface area (Å²) in [5, 5.41) is 3.06. The van der Waals surface area contributed by atoms with Crippen LogP contribution in [0.1, 0.15) is 29.5 Å².